The number of hydrogen-bond acceptors (Lipinski definition) is 2. The molecule has 3 nitrogen and oxygen atoms in total. The van der Waals surface area contributed by atoms with E-state index in [1.807, 2.05) is 0 Å². The molecule has 0 aliphatic heterocycles. The topological polar surface area (TPSA) is 52.3 Å². The highest BCUT2D eigenvalue weighted by molar-refractivity contribution is 5.91. The second-order valence-corrected chi connectivity index (χ2v) is 3.08. The molecule has 1 amide bonds. The number of carbonyl (C=O) groups is 1. The molecule has 0 heterocycles. The highest BCUT2D eigenvalue weighted by Gasteiger charge is 2.01. The number of rotatable bonds is 8. The van der Waals surface area contributed by atoms with Crippen LogP contribution in [0.3, 0.4) is 0 Å². The van der Waals surface area contributed by atoms with Crippen LogP contribution in [0.25, 0.3) is 0 Å². The molecule has 80 valence electrons. The van der Waals surface area contributed by atoms with Crippen LogP contribution in [0.1, 0.15) is 32.6 Å². The van der Waals surface area contributed by atoms with E-state index in [9.17, 15) is 4.79 Å². The van der Waals surface area contributed by atoms with E-state index in [0.29, 0.717) is 18.6 Å². The molecule has 0 aliphatic rings. The highest BCUT2D eigenvalue weighted by atomic mass is 16.5. The van der Waals surface area contributed by atoms with E-state index in [1.165, 1.54) is 6.26 Å². The summed E-state index contributed by atoms with van der Waals surface area (Å²) in [6.07, 6.45) is 6.84. The molecule has 0 saturated heterocycles. The number of hydrogen-bond donors (Lipinski definition) is 1. The van der Waals surface area contributed by atoms with Crippen LogP contribution < -0.4 is 5.73 Å². The number of amides is 1. The first-order chi connectivity index (χ1) is 6.72. The van der Waals surface area contributed by atoms with Gasteiger partial charge in [-0.05, 0) is 12.8 Å². The first-order valence-corrected chi connectivity index (χ1v) is 4.93. The minimum absolute atomic E-state index is 0.444. The third kappa shape index (κ3) is 6.29. The second kappa shape index (κ2) is 8.35. The molecular weight excluding hydrogens is 178 g/mol. The summed E-state index contributed by atoms with van der Waals surface area (Å²) in [5, 5.41) is 0. The van der Waals surface area contributed by atoms with Gasteiger partial charge in [0.25, 0.3) is 0 Å². The van der Waals surface area contributed by atoms with Crippen molar-refractivity contribution >= 4 is 5.91 Å². The minimum atomic E-state index is -0.444. The third-order valence-corrected chi connectivity index (χ3v) is 1.77. The molecule has 0 bridgehead atoms. The van der Waals surface area contributed by atoms with Crippen molar-refractivity contribution in [3.8, 4) is 0 Å². The maximum atomic E-state index is 10.8. The third-order valence-electron chi connectivity index (χ3n) is 1.77. The fourth-order valence-electron chi connectivity index (χ4n) is 0.957. The quantitative estimate of drug-likeness (QED) is 0.280. The molecule has 0 aliphatic carbocycles. The number of nitrogens with two attached hydrogens (primary N) is 1. The summed E-state index contributed by atoms with van der Waals surface area (Å²) in [6.45, 7) is 6.30. The van der Waals surface area contributed by atoms with Gasteiger partial charge in [0.05, 0.1) is 18.4 Å². The van der Waals surface area contributed by atoms with Crippen molar-refractivity contribution in [2.75, 3.05) is 6.61 Å². The Labute approximate surface area is 85.6 Å². The van der Waals surface area contributed by atoms with Crippen LogP contribution in [0.15, 0.2) is 24.5 Å². The Kier molecular flexibility index (Phi) is 7.61. The maximum Gasteiger partial charge on any atom is 0.248 e. The zero-order valence-corrected chi connectivity index (χ0v) is 8.79. The summed E-state index contributed by atoms with van der Waals surface area (Å²) >= 11 is 0. The lowest BCUT2D eigenvalue weighted by atomic mass is 10.2. The summed E-state index contributed by atoms with van der Waals surface area (Å²) in [7, 11) is 0. The van der Waals surface area contributed by atoms with Crippen molar-refractivity contribution in [1.29, 1.82) is 0 Å². The predicted octanol–water partition coefficient (Wildman–Crippen LogP) is 2.14. The first-order valence-electron chi connectivity index (χ1n) is 4.93. The SMILES string of the molecule is C=CCC(=COCCCCC)C(N)=O. The Morgan fingerprint density at radius 2 is 2.21 bits per heavy atom. The normalized spacial score (nSPS) is 11.1. The average Bonchev–Trinajstić information content (AvgIpc) is 2.15. The molecule has 0 atom stereocenters. The molecule has 0 aromatic heterocycles. The minimum Gasteiger partial charge on any atom is -0.501 e. The van der Waals surface area contributed by atoms with E-state index in [4.69, 9.17) is 10.5 Å². The van der Waals surface area contributed by atoms with Crippen LogP contribution >= 0.6 is 0 Å². The summed E-state index contributed by atoms with van der Waals surface area (Å²) in [4.78, 5) is 10.8. The fraction of sp³-hybridized carbons (Fsp3) is 0.545. The van der Waals surface area contributed by atoms with Crippen LogP contribution in [0.4, 0.5) is 0 Å². The number of ether oxygens (including phenoxy) is 1. The zero-order chi connectivity index (χ0) is 10.8. The van der Waals surface area contributed by atoms with E-state index in [1.54, 1.807) is 6.08 Å². The van der Waals surface area contributed by atoms with Gasteiger partial charge in [-0.3, -0.25) is 4.79 Å². The smallest absolute Gasteiger partial charge is 0.248 e. The van der Waals surface area contributed by atoms with Gasteiger partial charge in [-0.15, -0.1) is 6.58 Å². The van der Waals surface area contributed by atoms with Crippen molar-refractivity contribution in [2.45, 2.75) is 32.6 Å². The Morgan fingerprint density at radius 3 is 2.71 bits per heavy atom. The number of allylic oxidation sites excluding steroid dienone is 1. The van der Waals surface area contributed by atoms with Gasteiger partial charge in [0, 0.05) is 0 Å². The monoisotopic (exact) mass is 197 g/mol. The lowest BCUT2D eigenvalue weighted by Crippen LogP contribution is -2.13. The van der Waals surface area contributed by atoms with Crippen molar-refractivity contribution in [3.63, 3.8) is 0 Å². The van der Waals surface area contributed by atoms with Crippen LogP contribution in [0.5, 0.6) is 0 Å². The largest absolute Gasteiger partial charge is 0.501 e. The van der Waals surface area contributed by atoms with Crippen LogP contribution in [-0.2, 0) is 9.53 Å². The van der Waals surface area contributed by atoms with Crippen LogP contribution in [0.2, 0.25) is 0 Å². The maximum absolute atomic E-state index is 10.8. The summed E-state index contributed by atoms with van der Waals surface area (Å²) in [6, 6.07) is 0. The van der Waals surface area contributed by atoms with Gasteiger partial charge in [0.15, 0.2) is 0 Å². The molecule has 0 saturated carbocycles. The molecule has 0 rings (SSSR count). The van der Waals surface area contributed by atoms with Gasteiger partial charge in [-0.2, -0.15) is 0 Å². The summed E-state index contributed by atoms with van der Waals surface area (Å²) in [5.41, 5.74) is 5.60. The van der Waals surface area contributed by atoms with Gasteiger partial charge in [-0.25, -0.2) is 0 Å². The molecule has 0 aromatic rings. The molecule has 0 fully saturated rings. The molecule has 2 N–H and O–H groups in total. The Bertz CT molecular complexity index is 209. The van der Waals surface area contributed by atoms with Crippen molar-refractivity contribution in [3.05, 3.63) is 24.5 Å². The summed E-state index contributed by atoms with van der Waals surface area (Å²) < 4.78 is 5.20. The Morgan fingerprint density at radius 1 is 1.50 bits per heavy atom. The van der Waals surface area contributed by atoms with Crippen molar-refractivity contribution < 1.29 is 9.53 Å². The lowest BCUT2D eigenvalue weighted by Gasteiger charge is -2.02. The van der Waals surface area contributed by atoms with E-state index in [2.05, 4.69) is 13.5 Å². The number of primary amides is 1. The van der Waals surface area contributed by atoms with Gasteiger partial charge in [0.1, 0.15) is 0 Å². The van der Waals surface area contributed by atoms with Gasteiger partial charge in [-0.1, -0.05) is 25.8 Å². The molecule has 3 heteroatoms. The second-order valence-electron chi connectivity index (χ2n) is 3.08. The van der Waals surface area contributed by atoms with Crippen molar-refractivity contribution in [2.24, 2.45) is 5.73 Å². The van der Waals surface area contributed by atoms with Crippen molar-refractivity contribution in [1.82, 2.24) is 0 Å². The molecule has 14 heavy (non-hydrogen) atoms. The first kappa shape index (κ1) is 12.8. The van der Waals surface area contributed by atoms with E-state index >= 15 is 0 Å². The van der Waals surface area contributed by atoms with Crippen LogP contribution in [0, 0.1) is 0 Å². The predicted molar refractivity (Wildman–Crippen MR) is 57.6 cm³/mol. The number of carbonyl (C=O) groups excluding carboxylic acids is 1. The standard InChI is InChI=1S/C11H19NO2/c1-3-5-6-8-14-9-10(7-4-2)11(12)13/h4,9H,2-3,5-8H2,1H3,(H2,12,13). The highest BCUT2D eigenvalue weighted by Crippen LogP contribution is 2.02. The Balaban J connectivity index is 3.79. The number of unbranched alkanes of at least 4 members (excludes halogenated alkanes) is 2. The molecular formula is C11H19NO2. The van der Waals surface area contributed by atoms with Gasteiger partial charge in [0.2, 0.25) is 5.91 Å². The van der Waals surface area contributed by atoms with E-state index in [0.717, 1.165) is 19.3 Å². The Hall–Kier alpha value is -1.25. The average molecular weight is 197 g/mol. The summed E-state index contributed by atoms with van der Waals surface area (Å²) in [5.74, 6) is -0.444. The van der Waals surface area contributed by atoms with Gasteiger partial charge < -0.3 is 10.5 Å². The molecule has 0 unspecified atom stereocenters. The zero-order valence-electron chi connectivity index (χ0n) is 8.79. The van der Waals surface area contributed by atoms with Crippen LogP contribution in [-0.4, -0.2) is 12.5 Å². The molecule has 0 aromatic carbocycles. The molecule has 0 radical (unpaired) electrons. The molecule has 0 spiro atoms. The van der Waals surface area contributed by atoms with Gasteiger partial charge >= 0.3 is 0 Å². The van der Waals surface area contributed by atoms with E-state index < -0.39 is 5.91 Å². The van der Waals surface area contributed by atoms with E-state index in [-0.39, 0.29) is 0 Å². The lowest BCUT2D eigenvalue weighted by molar-refractivity contribution is -0.114. The fourth-order valence-corrected chi connectivity index (χ4v) is 0.957.